The van der Waals surface area contributed by atoms with E-state index in [-0.39, 0.29) is 24.4 Å². The number of nitrogens with zero attached hydrogens (tertiary/aromatic N) is 1. The predicted octanol–water partition coefficient (Wildman–Crippen LogP) is 4.38. The summed E-state index contributed by atoms with van der Waals surface area (Å²) in [6.45, 7) is 1.60. The Hall–Kier alpha value is -3.45. The number of benzene rings is 2. The van der Waals surface area contributed by atoms with Gasteiger partial charge in [0.2, 0.25) is 5.91 Å². The summed E-state index contributed by atoms with van der Waals surface area (Å²) in [6, 6.07) is 19.3. The lowest BCUT2D eigenvalue weighted by Crippen LogP contribution is -2.47. The van der Waals surface area contributed by atoms with Crippen molar-refractivity contribution in [1.29, 1.82) is 0 Å². The minimum atomic E-state index is -1.02. The van der Waals surface area contributed by atoms with Crippen LogP contribution >= 0.6 is 11.3 Å². The number of carbonyl (C=O) groups excluding carboxylic acids is 3. The number of carbonyl (C=O) groups is 3. The van der Waals surface area contributed by atoms with Crippen molar-refractivity contribution < 1.29 is 14.4 Å². The maximum atomic E-state index is 13.3. The van der Waals surface area contributed by atoms with Gasteiger partial charge in [-0.2, -0.15) is 0 Å². The smallest absolute Gasteiger partial charge is 0.325 e. The fraction of sp³-hybridized carbons (Fsp3) is 0.269. The summed E-state index contributed by atoms with van der Waals surface area (Å²) in [4.78, 5) is 40.9. The molecule has 2 N–H and O–H groups in total. The van der Waals surface area contributed by atoms with Crippen LogP contribution in [0.2, 0.25) is 0 Å². The van der Waals surface area contributed by atoms with Crippen LogP contribution in [0.3, 0.4) is 0 Å². The molecular weight excluding hydrogens is 434 g/mol. The van der Waals surface area contributed by atoms with E-state index >= 15 is 0 Å². The Balaban J connectivity index is 1.25. The van der Waals surface area contributed by atoms with Gasteiger partial charge >= 0.3 is 6.03 Å². The number of hydrogen-bond acceptors (Lipinski definition) is 4. The number of thiophene rings is 1. The number of rotatable bonds is 5. The Labute approximate surface area is 196 Å². The standard InChI is InChI=1S/C26H25N3O3S/c1-17(18-9-11-20(12-10-18)19-6-3-2-4-7-19)27-23(30)16-29-24(31)26(28-25(29)32)14-5-8-22-21(26)13-15-33-22/h2-4,6-7,9-13,15,17H,5,8,14,16H2,1H3,(H,27,30)(H,28,32)/t17-,26+/m0/s1. The van der Waals surface area contributed by atoms with Gasteiger partial charge in [-0.15, -0.1) is 11.3 Å². The van der Waals surface area contributed by atoms with E-state index in [2.05, 4.69) is 22.8 Å². The van der Waals surface area contributed by atoms with Crippen molar-refractivity contribution in [3.63, 3.8) is 0 Å². The van der Waals surface area contributed by atoms with Crippen LogP contribution in [0, 0.1) is 0 Å². The van der Waals surface area contributed by atoms with E-state index in [1.165, 1.54) is 0 Å². The van der Waals surface area contributed by atoms with E-state index in [9.17, 15) is 14.4 Å². The zero-order chi connectivity index (χ0) is 23.0. The molecule has 0 saturated carbocycles. The minimum absolute atomic E-state index is 0.254. The second-order valence-electron chi connectivity index (χ2n) is 8.62. The monoisotopic (exact) mass is 459 g/mol. The second-order valence-corrected chi connectivity index (χ2v) is 9.62. The Morgan fingerprint density at radius 3 is 2.58 bits per heavy atom. The first-order valence-corrected chi connectivity index (χ1v) is 12.0. The van der Waals surface area contributed by atoms with Gasteiger partial charge in [0, 0.05) is 10.4 Å². The van der Waals surface area contributed by atoms with Crippen molar-refractivity contribution in [2.45, 2.75) is 37.8 Å². The molecule has 33 heavy (non-hydrogen) atoms. The van der Waals surface area contributed by atoms with Crippen molar-refractivity contribution in [1.82, 2.24) is 15.5 Å². The number of hydrogen-bond donors (Lipinski definition) is 2. The molecule has 7 heteroatoms. The fourth-order valence-electron chi connectivity index (χ4n) is 4.79. The van der Waals surface area contributed by atoms with Crippen LogP contribution in [-0.2, 0) is 21.5 Å². The lowest BCUT2D eigenvalue weighted by Gasteiger charge is -2.31. The number of nitrogens with one attached hydrogen (secondary N) is 2. The van der Waals surface area contributed by atoms with Crippen molar-refractivity contribution in [3.05, 3.63) is 82.0 Å². The van der Waals surface area contributed by atoms with Crippen LogP contribution in [0.1, 0.15) is 41.8 Å². The molecule has 168 valence electrons. The number of fused-ring (bicyclic) bond motifs is 2. The molecule has 2 heterocycles. The maximum Gasteiger partial charge on any atom is 0.325 e. The Kier molecular flexibility index (Phi) is 5.50. The molecule has 0 bridgehead atoms. The highest BCUT2D eigenvalue weighted by molar-refractivity contribution is 7.10. The molecule has 4 amide bonds. The third kappa shape index (κ3) is 3.82. The first-order chi connectivity index (χ1) is 16.0. The van der Waals surface area contributed by atoms with Gasteiger partial charge < -0.3 is 10.6 Å². The third-order valence-electron chi connectivity index (χ3n) is 6.53. The molecular formula is C26H25N3O3S. The fourth-order valence-corrected chi connectivity index (χ4v) is 5.79. The van der Waals surface area contributed by atoms with E-state index in [4.69, 9.17) is 0 Å². The maximum absolute atomic E-state index is 13.3. The highest BCUT2D eigenvalue weighted by Gasteiger charge is 2.54. The van der Waals surface area contributed by atoms with E-state index < -0.39 is 11.6 Å². The third-order valence-corrected chi connectivity index (χ3v) is 7.51. The molecule has 2 aromatic carbocycles. The van der Waals surface area contributed by atoms with E-state index in [0.29, 0.717) is 6.42 Å². The number of amides is 4. The van der Waals surface area contributed by atoms with Gasteiger partial charge in [-0.3, -0.25) is 14.5 Å². The number of urea groups is 1. The van der Waals surface area contributed by atoms with Crippen molar-refractivity contribution >= 4 is 29.2 Å². The van der Waals surface area contributed by atoms with Crippen LogP contribution < -0.4 is 10.6 Å². The van der Waals surface area contributed by atoms with Gasteiger partial charge in [0.1, 0.15) is 12.1 Å². The highest BCUT2D eigenvalue weighted by atomic mass is 32.1. The predicted molar refractivity (Wildman–Crippen MR) is 128 cm³/mol. The van der Waals surface area contributed by atoms with Crippen molar-refractivity contribution in [2.75, 3.05) is 6.54 Å². The Bertz CT molecular complexity index is 1210. The van der Waals surface area contributed by atoms with Gasteiger partial charge in [0.25, 0.3) is 5.91 Å². The van der Waals surface area contributed by atoms with Gasteiger partial charge in [-0.05, 0) is 54.3 Å². The quantitative estimate of drug-likeness (QED) is 0.556. The van der Waals surface area contributed by atoms with Crippen LogP contribution in [0.4, 0.5) is 4.79 Å². The van der Waals surface area contributed by atoms with Gasteiger partial charge in [0.15, 0.2) is 0 Å². The normalized spacial score (nSPS) is 20.5. The molecule has 5 rings (SSSR count). The number of imide groups is 1. The molecule has 6 nitrogen and oxygen atoms in total. The van der Waals surface area contributed by atoms with E-state index in [1.54, 1.807) is 11.3 Å². The summed E-state index contributed by atoms with van der Waals surface area (Å²) in [5, 5.41) is 7.76. The van der Waals surface area contributed by atoms with Crippen molar-refractivity contribution in [2.24, 2.45) is 0 Å². The van der Waals surface area contributed by atoms with Gasteiger partial charge in [0.05, 0.1) is 6.04 Å². The first kappa shape index (κ1) is 21.4. The molecule has 1 spiro atoms. The summed E-state index contributed by atoms with van der Waals surface area (Å²) in [5.41, 5.74) is 3.04. The van der Waals surface area contributed by atoms with Crippen molar-refractivity contribution in [3.8, 4) is 11.1 Å². The molecule has 1 saturated heterocycles. The summed E-state index contributed by atoms with van der Waals surface area (Å²) in [5.74, 6) is -0.696. The first-order valence-electron chi connectivity index (χ1n) is 11.1. The largest absolute Gasteiger partial charge is 0.348 e. The average molecular weight is 460 g/mol. The van der Waals surface area contributed by atoms with Crippen LogP contribution in [0.25, 0.3) is 11.1 Å². The number of aryl methyl sites for hydroxylation is 1. The molecule has 0 radical (unpaired) electrons. The molecule has 1 aliphatic heterocycles. The molecule has 3 aromatic rings. The summed E-state index contributed by atoms with van der Waals surface area (Å²) in [6.07, 6.45) is 2.30. The Morgan fingerprint density at radius 2 is 1.82 bits per heavy atom. The van der Waals surface area contributed by atoms with Gasteiger partial charge in [-0.25, -0.2) is 4.79 Å². The lowest BCUT2D eigenvalue weighted by molar-refractivity contribution is -0.135. The molecule has 0 unspecified atom stereocenters. The summed E-state index contributed by atoms with van der Waals surface area (Å²) >= 11 is 1.61. The van der Waals surface area contributed by atoms with Crippen LogP contribution in [0.5, 0.6) is 0 Å². The molecule has 2 atom stereocenters. The van der Waals surface area contributed by atoms with E-state index in [1.807, 2.05) is 60.8 Å². The zero-order valence-electron chi connectivity index (χ0n) is 18.3. The van der Waals surface area contributed by atoms with Crippen LogP contribution in [-0.4, -0.2) is 29.3 Å². The highest BCUT2D eigenvalue weighted by Crippen LogP contribution is 2.42. The SMILES string of the molecule is C[C@H](NC(=O)CN1C(=O)N[C@@]2(CCCc3sccc32)C1=O)c1ccc(-c2ccccc2)cc1. The molecule has 1 fully saturated rings. The van der Waals surface area contributed by atoms with E-state index in [0.717, 1.165) is 44.9 Å². The minimum Gasteiger partial charge on any atom is -0.348 e. The molecule has 2 aliphatic rings. The average Bonchev–Trinajstić information content (AvgIpc) is 3.40. The molecule has 1 aromatic heterocycles. The Morgan fingerprint density at radius 1 is 1.09 bits per heavy atom. The lowest BCUT2D eigenvalue weighted by atomic mass is 9.80. The topological polar surface area (TPSA) is 78.5 Å². The molecule has 1 aliphatic carbocycles. The van der Waals surface area contributed by atoms with Crippen LogP contribution in [0.15, 0.2) is 66.0 Å². The second kappa shape index (κ2) is 8.48. The zero-order valence-corrected chi connectivity index (χ0v) is 19.2. The summed E-state index contributed by atoms with van der Waals surface area (Å²) in [7, 11) is 0. The van der Waals surface area contributed by atoms with Gasteiger partial charge in [-0.1, -0.05) is 54.6 Å². The summed E-state index contributed by atoms with van der Waals surface area (Å²) < 4.78 is 0.